The van der Waals surface area contributed by atoms with E-state index in [1.807, 2.05) is 0 Å². The van der Waals surface area contributed by atoms with Gasteiger partial charge < -0.3 is 9.64 Å². The summed E-state index contributed by atoms with van der Waals surface area (Å²) in [5.74, 6) is -0.835. The number of methoxy groups -OCH3 is 1. The molecule has 1 amide bonds. The van der Waals surface area contributed by atoms with Crippen molar-refractivity contribution in [1.82, 2.24) is 0 Å². The highest BCUT2D eigenvalue weighted by atomic mass is 32.2. The van der Waals surface area contributed by atoms with Gasteiger partial charge in [-0.1, -0.05) is 0 Å². The molecule has 0 saturated heterocycles. The number of benzene rings is 2. The number of carbonyl (C=O) groups excluding carboxylic acids is 1. The van der Waals surface area contributed by atoms with Crippen molar-refractivity contribution in [1.29, 1.82) is 0 Å². The second-order valence-corrected chi connectivity index (χ2v) is 7.35. The average molecular weight is 364 g/mol. The van der Waals surface area contributed by atoms with Gasteiger partial charge in [-0.25, -0.2) is 12.8 Å². The van der Waals surface area contributed by atoms with Crippen LogP contribution in [0.15, 0.2) is 41.3 Å². The minimum absolute atomic E-state index is 0.0270. The van der Waals surface area contributed by atoms with Gasteiger partial charge in [0.2, 0.25) is 5.91 Å². The molecule has 0 fully saturated rings. The number of anilines is 2. The number of ether oxygens (including phenoxy) is 1. The van der Waals surface area contributed by atoms with Gasteiger partial charge in [-0.05, 0) is 48.4 Å². The summed E-state index contributed by atoms with van der Waals surface area (Å²) < 4.78 is 45.9. The molecule has 2 aromatic carbocycles. The topological polar surface area (TPSA) is 75.7 Å². The van der Waals surface area contributed by atoms with E-state index in [-0.39, 0.29) is 16.6 Å². The van der Waals surface area contributed by atoms with Crippen molar-refractivity contribution in [3.8, 4) is 5.75 Å². The van der Waals surface area contributed by atoms with Gasteiger partial charge in [-0.3, -0.25) is 9.52 Å². The Morgan fingerprint density at radius 2 is 2.00 bits per heavy atom. The molecule has 8 heteroatoms. The Morgan fingerprint density at radius 3 is 2.64 bits per heavy atom. The van der Waals surface area contributed by atoms with Crippen LogP contribution in [0.25, 0.3) is 0 Å². The molecular weight excluding hydrogens is 347 g/mol. The molecule has 1 heterocycles. The highest BCUT2D eigenvalue weighted by molar-refractivity contribution is 7.92. The molecule has 3 rings (SSSR count). The van der Waals surface area contributed by atoms with Gasteiger partial charge in [0, 0.05) is 24.8 Å². The van der Waals surface area contributed by atoms with Crippen molar-refractivity contribution in [2.75, 3.05) is 23.3 Å². The fourth-order valence-electron chi connectivity index (χ4n) is 2.82. The summed E-state index contributed by atoms with van der Waals surface area (Å²) in [6.07, 6.45) is 0.654. The first-order valence-electron chi connectivity index (χ1n) is 7.59. The van der Waals surface area contributed by atoms with E-state index in [0.717, 1.165) is 17.3 Å². The molecule has 0 aromatic heterocycles. The summed E-state index contributed by atoms with van der Waals surface area (Å²) in [4.78, 5) is 13.0. The SMILES string of the molecule is COc1ccc(S(=O)(=O)Nc2ccc3c(c2)CCN3C(C)=O)cc1F. The lowest BCUT2D eigenvalue weighted by Gasteiger charge is -2.15. The number of halogens is 1. The van der Waals surface area contributed by atoms with Gasteiger partial charge in [-0.15, -0.1) is 0 Å². The number of nitrogens with one attached hydrogen (secondary N) is 1. The lowest BCUT2D eigenvalue weighted by molar-refractivity contribution is -0.116. The molecule has 6 nitrogen and oxygen atoms in total. The van der Waals surface area contributed by atoms with Gasteiger partial charge in [0.15, 0.2) is 11.6 Å². The number of hydrogen-bond donors (Lipinski definition) is 1. The minimum atomic E-state index is -3.93. The number of nitrogens with zero attached hydrogens (tertiary/aromatic N) is 1. The molecule has 0 saturated carbocycles. The smallest absolute Gasteiger partial charge is 0.262 e. The molecule has 0 atom stereocenters. The third-order valence-electron chi connectivity index (χ3n) is 4.04. The second-order valence-electron chi connectivity index (χ2n) is 5.67. The van der Waals surface area contributed by atoms with Crippen LogP contribution in [0.4, 0.5) is 15.8 Å². The Hall–Kier alpha value is -2.61. The van der Waals surface area contributed by atoms with Crippen molar-refractivity contribution in [3.63, 3.8) is 0 Å². The predicted octanol–water partition coefficient (Wildman–Crippen LogP) is 2.54. The van der Waals surface area contributed by atoms with Crippen LogP contribution in [0.5, 0.6) is 5.75 Å². The molecular formula is C17H17FN2O4S. The Kier molecular flexibility index (Phi) is 4.38. The fourth-order valence-corrected chi connectivity index (χ4v) is 3.88. The zero-order valence-corrected chi connectivity index (χ0v) is 14.6. The molecule has 2 aromatic rings. The number of rotatable bonds is 4. The maximum atomic E-state index is 13.8. The van der Waals surface area contributed by atoms with Gasteiger partial charge in [0.1, 0.15) is 0 Å². The highest BCUT2D eigenvalue weighted by Crippen LogP contribution is 2.31. The second kappa shape index (κ2) is 6.36. The number of sulfonamides is 1. The van der Waals surface area contributed by atoms with Crippen LogP contribution >= 0.6 is 0 Å². The fraction of sp³-hybridized carbons (Fsp3) is 0.235. The first-order valence-corrected chi connectivity index (χ1v) is 9.07. The van der Waals surface area contributed by atoms with Crippen LogP contribution in [-0.2, 0) is 21.2 Å². The molecule has 132 valence electrons. The van der Waals surface area contributed by atoms with Crippen LogP contribution < -0.4 is 14.4 Å². The van der Waals surface area contributed by atoms with Gasteiger partial charge >= 0.3 is 0 Å². The van der Waals surface area contributed by atoms with Crippen LogP contribution in [0.3, 0.4) is 0 Å². The first kappa shape index (κ1) is 17.2. The highest BCUT2D eigenvalue weighted by Gasteiger charge is 2.23. The minimum Gasteiger partial charge on any atom is -0.494 e. The summed E-state index contributed by atoms with van der Waals surface area (Å²) in [5.41, 5.74) is 2.03. The molecule has 25 heavy (non-hydrogen) atoms. The zero-order valence-electron chi connectivity index (χ0n) is 13.7. The summed E-state index contributed by atoms with van der Waals surface area (Å²) in [5, 5.41) is 0. The maximum Gasteiger partial charge on any atom is 0.262 e. The summed E-state index contributed by atoms with van der Waals surface area (Å²) in [7, 11) is -2.63. The standard InChI is InChI=1S/C17H17FN2O4S/c1-11(21)20-8-7-12-9-13(3-5-16(12)20)19-25(22,23)14-4-6-17(24-2)15(18)10-14/h3-6,9-10,19H,7-8H2,1-2H3. The van der Waals surface area contributed by atoms with E-state index in [1.54, 1.807) is 23.1 Å². The largest absolute Gasteiger partial charge is 0.494 e. The molecule has 0 unspecified atom stereocenters. The number of hydrogen-bond acceptors (Lipinski definition) is 4. The quantitative estimate of drug-likeness (QED) is 0.905. The molecule has 0 aliphatic carbocycles. The van der Waals surface area contributed by atoms with E-state index in [1.165, 1.54) is 26.2 Å². The summed E-state index contributed by atoms with van der Waals surface area (Å²) in [6, 6.07) is 8.42. The average Bonchev–Trinajstić information content (AvgIpc) is 2.97. The zero-order chi connectivity index (χ0) is 18.2. The van der Waals surface area contributed by atoms with Crippen molar-refractivity contribution >= 4 is 27.3 Å². The van der Waals surface area contributed by atoms with E-state index in [9.17, 15) is 17.6 Å². The van der Waals surface area contributed by atoms with Crippen LogP contribution in [0.1, 0.15) is 12.5 Å². The Balaban J connectivity index is 1.87. The van der Waals surface area contributed by atoms with Crippen molar-refractivity contribution in [3.05, 3.63) is 47.8 Å². The van der Waals surface area contributed by atoms with Crippen LogP contribution in [0.2, 0.25) is 0 Å². The first-order chi connectivity index (χ1) is 11.8. The number of carbonyl (C=O) groups is 1. The van der Waals surface area contributed by atoms with Crippen molar-refractivity contribution < 1.29 is 22.3 Å². The van der Waals surface area contributed by atoms with Crippen molar-refractivity contribution in [2.45, 2.75) is 18.2 Å². The molecule has 1 aliphatic rings. The maximum absolute atomic E-state index is 13.8. The predicted molar refractivity (Wildman–Crippen MR) is 91.9 cm³/mol. The summed E-state index contributed by atoms with van der Waals surface area (Å²) >= 11 is 0. The molecule has 0 radical (unpaired) electrons. The van der Waals surface area contributed by atoms with E-state index >= 15 is 0 Å². The van der Waals surface area contributed by atoms with Crippen molar-refractivity contribution in [2.24, 2.45) is 0 Å². The number of fused-ring (bicyclic) bond motifs is 1. The van der Waals surface area contributed by atoms with E-state index in [0.29, 0.717) is 18.7 Å². The van der Waals surface area contributed by atoms with Crippen LogP contribution in [-0.4, -0.2) is 28.0 Å². The van der Waals surface area contributed by atoms with Crippen LogP contribution in [0, 0.1) is 5.82 Å². The van der Waals surface area contributed by atoms with E-state index in [2.05, 4.69) is 4.72 Å². The Bertz CT molecular complexity index is 944. The lowest BCUT2D eigenvalue weighted by atomic mass is 10.1. The van der Waals surface area contributed by atoms with E-state index in [4.69, 9.17) is 4.74 Å². The third-order valence-corrected chi connectivity index (χ3v) is 5.42. The van der Waals surface area contributed by atoms with Gasteiger partial charge in [0.05, 0.1) is 12.0 Å². The summed E-state index contributed by atoms with van der Waals surface area (Å²) in [6.45, 7) is 2.06. The van der Waals surface area contributed by atoms with Gasteiger partial charge in [-0.2, -0.15) is 0 Å². The molecule has 1 N–H and O–H groups in total. The monoisotopic (exact) mass is 364 g/mol. The molecule has 0 bridgehead atoms. The lowest BCUT2D eigenvalue weighted by Crippen LogP contribution is -2.25. The van der Waals surface area contributed by atoms with E-state index < -0.39 is 15.8 Å². The molecule has 1 aliphatic heterocycles. The number of amides is 1. The Morgan fingerprint density at radius 1 is 1.24 bits per heavy atom. The van der Waals surface area contributed by atoms with Gasteiger partial charge in [0.25, 0.3) is 10.0 Å². The normalized spacial score (nSPS) is 13.5. The third kappa shape index (κ3) is 3.30. The molecule has 0 spiro atoms. The Labute approximate surface area is 145 Å².